The van der Waals surface area contributed by atoms with Gasteiger partial charge in [-0.3, -0.25) is 24.0 Å². The molecule has 0 aliphatic carbocycles. The summed E-state index contributed by atoms with van der Waals surface area (Å²) in [4.78, 5) is 100. The molecule has 12 bridgehead atoms. The Morgan fingerprint density at radius 3 is 1.05 bits per heavy atom. The Morgan fingerprint density at radius 2 is 0.725 bits per heavy atom. The molecule has 0 aliphatic rings. The fourth-order valence-corrected chi connectivity index (χ4v) is 10.5. The number of aromatic amines is 4. The fourth-order valence-electron chi connectivity index (χ4n) is 10.5. The van der Waals surface area contributed by atoms with Gasteiger partial charge in [-0.1, -0.05) is 93.0 Å². The Kier molecular flexibility index (Phi) is 34.5. The van der Waals surface area contributed by atoms with Crippen molar-refractivity contribution in [3.63, 3.8) is 0 Å². The monoisotopic (exact) mass is 1500 g/mol. The topological polar surface area (TPSA) is 324 Å². The first-order valence-corrected chi connectivity index (χ1v) is 36.9. The zero-order chi connectivity index (χ0) is 78.9. The Labute approximate surface area is 636 Å². The minimum Gasteiger partial charge on any atom is -0.495 e. The first kappa shape index (κ1) is 85.5. The molecule has 0 saturated carbocycles. The van der Waals surface area contributed by atoms with Crippen LogP contribution in [0.25, 0.3) is 65.2 Å². The van der Waals surface area contributed by atoms with Gasteiger partial charge in [0, 0.05) is 71.7 Å². The van der Waals surface area contributed by atoms with E-state index in [-0.39, 0.29) is 171 Å². The lowest BCUT2D eigenvalue weighted by Crippen LogP contribution is -2.39. The van der Waals surface area contributed by atoms with E-state index in [1.165, 1.54) is 83.9 Å². The number of fused-ring (bicyclic) bond motifs is 12. The van der Waals surface area contributed by atoms with Crippen molar-refractivity contribution in [2.75, 3.05) is 120 Å². The van der Waals surface area contributed by atoms with E-state index in [4.69, 9.17) is 67.3 Å². The molecule has 0 saturated heterocycles. The van der Waals surface area contributed by atoms with Crippen LogP contribution in [0, 0.1) is 47.9 Å². The van der Waals surface area contributed by atoms with E-state index < -0.39 is 40.2 Å². The highest BCUT2D eigenvalue weighted by atomic mass is 16.6. The molecule has 25 nitrogen and oxygen atoms in total. The highest BCUT2D eigenvalue weighted by Gasteiger charge is 2.20. The van der Waals surface area contributed by atoms with Crippen LogP contribution < -0.4 is 71.2 Å². The molecule has 0 spiro atoms. The second-order valence-electron chi connectivity index (χ2n) is 27.4. The zero-order valence-corrected chi connectivity index (χ0v) is 65.2. The molecule has 109 heavy (non-hydrogen) atoms. The lowest BCUT2D eigenvalue weighted by Gasteiger charge is -2.13. The Balaban J connectivity index is 1.66. The number of nitrogens with one attached hydrogen (secondary N) is 5. The van der Waals surface area contributed by atoms with E-state index in [1.807, 2.05) is 6.92 Å². The summed E-state index contributed by atoms with van der Waals surface area (Å²) in [6.07, 6.45) is 4.62. The van der Waals surface area contributed by atoms with Crippen LogP contribution in [-0.4, -0.2) is 152 Å². The fraction of sp³-hybridized carbons (Fsp3) is 0.452. The molecular formula is C84H106N6O19. The minimum atomic E-state index is -1.05. The van der Waals surface area contributed by atoms with E-state index in [9.17, 15) is 9.59 Å². The lowest BCUT2D eigenvalue weighted by molar-refractivity contribution is -0.145. The van der Waals surface area contributed by atoms with Crippen molar-refractivity contribution in [1.29, 1.82) is 0 Å². The summed E-state index contributed by atoms with van der Waals surface area (Å²) in [6, 6.07) is 32.3. The molecule has 1 heterocycles. The number of ether oxygens (including phenoxy) is 13. The summed E-state index contributed by atoms with van der Waals surface area (Å²) in [5.41, 5.74) is 4.30. The Hall–Kier alpha value is -10.7. The van der Waals surface area contributed by atoms with E-state index in [0.29, 0.717) is 67.3 Å². The lowest BCUT2D eigenvalue weighted by atomic mass is 10.1. The number of unbranched alkanes of at least 4 members (excludes halogenated alkanes) is 1. The third kappa shape index (κ3) is 26.6. The van der Waals surface area contributed by atoms with Gasteiger partial charge in [0.15, 0.2) is 0 Å². The number of benzene rings is 6. The summed E-state index contributed by atoms with van der Waals surface area (Å²) in [6.45, 7) is 22.7. The molecular weight excluding hydrogens is 1400 g/mol. The van der Waals surface area contributed by atoms with Gasteiger partial charge in [0.25, 0.3) is 28.1 Å². The van der Waals surface area contributed by atoms with Gasteiger partial charge in [0.2, 0.25) is 0 Å². The molecule has 0 unspecified atom stereocenters. The third-order valence-corrected chi connectivity index (χ3v) is 16.9. The van der Waals surface area contributed by atoms with Crippen molar-refractivity contribution in [2.24, 2.45) is 23.7 Å². The summed E-state index contributed by atoms with van der Waals surface area (Å²) in [5, 5.41) is 3.20. The number of anilines is 1. The van der Waals surface area contributed by atoms with Gasteiger partial charge < -0.3 is 92.6 Å². The summed E-state index contributed by atoms with van der Waals surface area (Å²) < 4.78 is 77.9. The number of rotatable bonds is 38. The highest BCUT2D eigenvalue weighted by Crippen LogP contribution is 2.32. The number of carbonyl (C=O) groups is 2. The van der Waals surface area contributed by atoms with Crippen molar-refractivity contribution < 1.29 is 71.2 Å². The molecule has 7 aromatic rings. The zero-order valence-electron chi connectivity index (χ0n) is 65.2. The number of carbonyl (C=O) groups excluding carboxylic acids is 2. The van der Waals surface area contributed by atoms with Gasteiger partial charge in [0.05, 0.1) is 111 Å². The maximum Gasteiger partial charge on any atom is 0.328 e. The smallest absolute Gasteiger partial charge is 0.328 e. The van der Waals surface area contributed by atoms with E-state index >= 15 is 19.2 Å². The van der Waals surface area contributed by atoms with Gasteiger partial charge in [-0.25, -0.2) is 4.79 Å². The van der Waals surface area contributed by atoms with Gasteiger partial charge >= 0.3 is 5.97 Å². The molecule has 1 amide bonds. The first-order chi connectivity index (χ1) is 52.4. The molecule has 0 radical (unpaired) electrons. The van der Waals surface area contributed by atoms with Gasteiger partial charge in [-0.05, 0) is 129 Å². The number of nitrogen functional groups attached to an aromatic ring is 1. The number of nitrogens with two attached hydrogens (primary N) is 1. The van der Waals surface area contributed by atoms with Crippen LogP contribution >= 0.6 is 0 Å². The van der Waals surface area contributed by atoms with Crippen LogP contribution in [0.2, 0.25) is 0 Å². The van der Waals surface area contributed by atoms with Gasteiger partial charge in [0.1, 0.15) is 78.5 Å². The van der Waals surface area contributed by atoms with Crippen molar-refractivity contribution in [3.05, 3.63) is 156 Å². The molecule has 7 N–H and O–H groups in total. The quantitative estimate of drug-likeness (QED) is 0.0119. The van der Waals surface area contributed by atoms with E-state index in [1.54, 1.807) is 36.4 Å². The molecule has 7 rings (SSSR count). The number of amides is 1. The first-order valence-electron chi connectivity index (χ1n) is 36.9. The predicted octanol–water partition coefficient (Wildman–Crippen LogP) is 13.5. The molecule has 1 aromatic heterocycles. The standard InChI is InChI=1S/C84H106N6O19/c1-15-16-29-109-84(96)56(10)86-79(91)61-44-59-21-17-57-19-23-70(97-11)66(42-57)87-80(92)62-46-64(74(107-40-36-103-32-27-54(6)7)49-72(62)105-38-34-101-30-25-52(2)3)82(94)89-68-48-69(77(100-14)51-76(68)99-13)90-83(95)65-47-63(81(93)88-67-43-58(20-24-71(67)98-12)18-22-60(45-61)78(59)85)73(106-39-35-102-31-26-53(4)5)50-75(65)108-41-37-104-33-28-55(8)9/h19-20,23-24,42-56H,15-16,25-41,85H2,1-14H3,(H,86,91)(H,87,92)(H,88,93)(H,89,94)(H,90,95)/t56-/m0/s1. The largest absolute Gasteiger partial charge is 0.495 e. The molecule has 0 fully saturated rings. The molecule has 25 heteroatoms. The average molecular weight is 1500 g/mol. The number of hydrogen-bond acceptors (Lipinski definition) is 20. The molecule has 0 aliphatic heterocycles. The average Bonchev–Trinajstić information content (AvgIpc) is 0.793. The number of H-pyrrole nitrogens is 4. The van der Waals surface area contributed by atoms with Crippen molar-refractivity contribution in [3.8, 4) is 46.0 Å². The van der Waals surface area contributed by atoms with Crippen LogP contribution in [0.15, 0.2) is 104 Å². The Bertz CT molecular complexity index is 4540. The predicted molar refractivity (Wildman–Crippen MR) is 425 cm³/mol. The van der Waals surface area contributed by atoms with E-state index in [2.05, 4.69) is 105 Å². The second kappa shape index (κ2) is 43.9. The number of hydrogen-bond donors (Lipinski definition) is 6. The van der Waals surface area contributed by atoms with Gasteiger partial charge in [-0.15, -0.1) is 0 Å². The third-order valence-electron chi connectivity index (χ3n) is 16.9. The van der Waals surface area contributed by atoms with Crippen LogP contribution in [0.4, 0.5) is 5.69 Å². The Morgan fingerprint density at radius 1 is 0.394 bits per heavy atom. The summed E-state index contributed by atoms with van der Waals surface area (Å²) >= 11 is 0. The van der Waals surface area contributed by atoms with Crippen molar-refractivity contribution in [2.45, 2.75) is 114 Å². The number of aromatic nitrogens is 4. The maximum absolute atomic E-state index is 15.4. The van der Waals surface area contributed by atoms with E-state index in [0.717, 1.165) is 32.1 Å². The summed E-state index contributed by atoms with van der Waals surface area (Å²) in [5.74, 6) is 0.903. The SMILES string of the molecule is CCCCOC(=O)[C@H](C)NC(=O)c1cc2c#cc3ccc(OC)c(c3)[nH]c(=O)c3cc(c(OCCOCCC(C)C)cc3OCCOCCC(C)C)c(=O)[nH]c3cc([nH]c(=O)c4cc(c(OCCOCCC(C)C)cc4OCCOCCC(C)C)c(=O)[nH]c4cc(c#cc(c1)c2N)ccc4OC)c(OC)cc3OC. The minimum absolute atomic E-state index is 0.00314. The van der Waals surface area contributed by atoms with Crippen LogP contribution in [0.1, 0.15) is 118 Å². The van der Waals surface area contributed by atoms with Crippen molar-refractivity contribution >= 4 is 82.7 Å². The molecule has 6 aromatic carbocycles. The molecule has 1 atom stereocenters. The van der Waals surface area contributed by atoms with Crippen LogP contribution in [0.3, 0.4) is 0 Å². The highest BCUT2D eigenvalue weighted by molar-refractivity contribution is 6.03. The normalized spacial score (nSPS) is 11.4. The van der Waals surface area contributed by atoms with Crippen LogP contribution in [-0.2, 0) is 28.5 Å². The number of methoxy groups -OCH3 is 4. The van der Waals surface area contributed by atoms with Crippen molar-refractivity contribution in [1.82, 2.24) is 25.3 Å². The number of esters is 1. The summed E-state index contributed by atoms with van der Waals surface area (Å²) in [7, 11) is 5.62. The van der Waals surface area contributed by atoms with Gasteiger partial charge in [-0.2, -0.15) is 0 Å². The molecule has 586 valence electrons. The maximum atomic E-state index is 15.4. The van der Waals surface area contributed by atoms with Crippen LogP contribution in [0.5, 0.6) is 46.0 Å². The second-order valence-corrected chi connectivity index (χ2v) is 27.4.